The molecule has 0 spiro atoms. The summed E-state index contributed by atoms with van der Waals surface area (Å²) in [5, 5.41) is 4.78. The van der Waals surface area contributed by atoms with Gasteiger partial charge in [-0.3, -0.25) is 9.59 Å². The van der Waals surface area contributed by atoms with Crippen molar-refractivity contribution in [3.05, 3.63) is 35.9 Å². The minimum absolute atomic E-state index is 0.109. The molecule has 1 aromatic carbocycles. The van der Waals surface area contributed by atoms with Crippen LogP contribution in [0.4, 0.5) is 0 Å². The van der Waals surface area contributed by atoms with E-state index in [1.165, 1.54) is 7.11 Å². The third-order valence-corrected chi connectivity index (χ3v) is 2.26. The highest BCUT2D eigenvalue weighted by molar-refractivity contribution is 5.86. The smallest absolute Gasteiger partial charge is 0.245 e. The molecule has 0 aliphatic heterocycles. The molecule has 0 fully saturated rings. The van der Waals surface area contributed by atoms with Crippen molar-refractivity contribution in [3.8, 4) is 0 Å². The molecule has 0 aliphatic rings. The lowest BCUT2D eigenvalue weighted by Crippen LogP contribution is -2.48. The summed E-state index contributed by atoms with van der Waals surface area (Å²) in [4.78, 5) is 23.4. The second kappa shape index (κ2) is 7.45. The van der Waals surface area contributed by atoms with E-state index >= 15 is 0 Å². The first kappa shape index (κ1) is 10.1. The van der Waals surface area contributed by atoms with Crippen molar-refractivity contribution in [3.63, 3.8) is 0 Å². The van der Waals surface area contributed by atoms with E-state index in [1.54, 1.807) is 0 Å². The SMILES string of the molecule is [2H][13C]([2H])([2H])C(=O)N[C@H](COC)C(=O)NCc1ccccc1. The first-order chi connectivity index (χ1) is 9.84. The van der Waals surface area contributed by atoms with Crippen LogP contribution in [0.5, 0.6) is 0 Å². The number of rotatable bonds is 6. The fourth-order valence-corrected chi connectivity index (χ4v) is 1.42. The molecule has 0 radical (unpaired) electrons. The van der Waals surface area contributed by atoms with E-state index in [-0.39, 0.29) is 13.2 Å². The first-order valence-electron chi connectivity index (χ1n) is 6.96. The molecule has 1 rings (SSSR count). The Morgan fingerprint density at radius 3 is 2.72 bits per heavy atom. The van der Waals surface area contributed by atoms with Gasteiger partial charge in [-0.25, -0.2) is 0 Å². The summed E-state index contributed by atoms with van der Waals surface area (Å²) < 4.78 is 25.8. The highest BCUT2D eigenvalue weighted by Crippen LogP contribution is 1.97. The summed E-state index contributed by atoms with van der Waals surface area (Å²) in [6.45, 7) is -2.63. The molecule has 0 aromatic heterocycles. The van der Waals surface area contributed by atoms with Crippen LogP contribution >= 0.6 is 0 Å². The highest BCUT2D eigenvalue weighted by atomic mass is 16.5. The zero-order chi connectivity index (χ0) is 15.9. The van der Waals surface area contributed by atoms with Crippen LogP contribution in [0.15, 0.2) is 30.3 Å². The number of hydrogen-bond donors (Lipinski definition) is 2. The summed E-state index contributed by atoms with van der Waals surface area (Å²) >= 11 is 0. The normalized spacial score (nSPS) is 14.8. The van der Waals surface area contributed by atoms with E-state index in [2.05, 4.69) is 10.6 Å². The van der Waals surface area contributed by atoms with Crippen LogP contribution in [0.3, 0.4) is 0 Å². The fourth-order valence-electron chi connectivity index (χ4n) is 1.42. The van der Waals surface area contributed by atoms with E-state index in [0.29, 0.717) is 0 Å². The van der Waals surface area contributed by atoms with Crippen molar-refractivity contribution in [2.75, 3.05) is 13.7 Å². The van der Waals surface area contributed by atoms with Crippen molar-refractivity contribution < 1.29 is 18.4 Å². The number of ether oxygens (including phenoxy) is 1. The van der Waals surface area contributed by atoms with Crippen LogP contribution in [0, 0.1) is 0 Å². The molecule has 18 heavy (non-hydrogen) atoms. The Labute approximate surface area is 111 Å². The maximum atomic E-state index is 12.0. The van der Waals surface area contributed by atoms with Crippen molar-refractivity contribution in [1.29, 1.82) is 0 Å². The molecule has 2 N–H and O–H groups in total. The minimum atomic E-state index is -2.80. The predicted octanol–water partition coefficient (Wildman–Crippen LogP) is 0.454. The topological polar surface area (TPSA) is 67.4 Å². The highest BCUT2D eigenvalue weighted by Gasteiger charge is 2.18. The van der Waals surface area contributed by atoms with Gasteiger partial charge in [0.15, 0.2) is 0 Å². The van der Waals surface area contributed by atoms with Gasteiger partial charge in [0.1, 0.15) is 6.04 Å². The monoisotopic (exact) mass is 254 g/mol. The van der Waals surface area contributed by atoms with E-state index in [4.69, 9.17) is 8.85 Å². The standard InChI is InChI=1S/C13H18N2O3/c1-10(16)15-12(9-18-2)13(17)14-8-11-6-4-3-5-7-11/h3-7,12H,8-9H2,1-2H3,(H,14,17)(H,15,16)/t12-/m1/s1/i1+1D3. The molecular weight excluding hydrogens is 233 g/mol. The first-order valence-corrected chi connectivity index (χ1v) is 5.46. The molecule has 0 heterocycles. The minimum Gasteiger partial charge on any atom is -0.382 e. The number of hydrogen-bond acceptors (Lipinski definition) is 3. The van der Waals surface area contributed by atoms with Crippen LogP contribution < -0.4 is 10.6 Å². The van der Waals surface area contributed by atoms with E-state index in [9.17, 15) is 9.59 Å². The Kier molecular flexibility index (Phi) is 4.17. The van der Waals surface area contributed by atoms with Crippen LogP contribution in [0.25, 0.3) is 0 Å². The number of benzene rings is 1. The molecule has 98 valence electrons. The molecule has 0 saturated heterocycles. The Bertz CT molecular complexity index is 477. The van der Waals surface area contributed by atoms with E-state index < -0.39 is 24.7 Å². The van der Waals surface area contributed by atoms with E-state index in [1.807, 2.05) is 30.3 Å². The van der Waals surface area contributed by atoms with Gasteiger partial charge >= 0.3 is 0 Å². The van der Waals surface area contributed by atoms with Gasteiger partial charge in [0.25, 0.3) is 0 Å². The largest absolute Gasteiger partial charge is 0.382 e. The maximum Gasteiger partial charge on any atom is 0.245 e. The quantitative estimate of drug-likeness (QED) is 0.724. The molecule has 0 saturated carbocycles. The molecule has 5 heteroatoms. The van der Waals surface area contributed by atoms with Crippen LogP contribution in [0.2, 0.25) is 0 Å². The third kappa shape index (κ3) is 4.97. The Morgan fingerprint density at radius 2 is 2.11 bits per heavy atom. The van der Waals surface area contributed by atoms with Crippen LogP contribution in [0.1, 0.15) is 16.5 Å². The number of carbonyl (C=O) groups is 2. The van der Waals surface area contributed by atoms with E-state index in [0.717, 1.165) is 5.56 Å². The van der Waals surface area contributed by atoms with Gasteiger partial charge in [-0.2, -0.15) is 0 Å². The van der Waals surface area contributed by atoms with Crippen molar-refractivity contribution in [2.24, 2.45) is 0 Å². The van der Waals surface area contributed by atoms with Gasteiger partial charge in [0.2, 0.25) is 11.8 Å². The van der Waals surface area contributed by atoms with Gasteiger partial charge in [0.05, 0.1) is 6.61 Å². The van der Waals surface area contributed by atoms with Gasteiger partial charge < -0.3 is 15.4 Å². The summed E-state index contributed by atoms with van der Waals surface area (Å²) in [7, 11) is 1.36. The second-order valence-electron chi connectivity index (χ2n) is 3.68. The third-order valence-electron chi connectivity index (χ3n) is 2.26. The maximum absolute atomic E-state index is 12.0. The van der Waals surface area contributed by atoms with Gasteiger partial charge in [-0.05, 0) is 5.56 Å². The van der Waals surface area contributed by atoms with Gasteiger partial charge in [-0.1, -0.05) is 30.3 Å². The van der Waals surface area contributed by atoms with Crippen molar-refractivity contribution in [1.82, 2.24) is 10.6 Å². The average molecular weight is 254 g/mol. The fraction of sp³-hybridized carbons (Fsp3) is 0.385. The second-order valence-corrected chi connectivity index (χ2v) is 3.68. The lowest BCUT2D eigenvalue weighted by Gasteiger charge is -2.16. The van der Waals surface area contributed by atoms with Crippen LogP contribution in [-0.2, 0) is 20.9 Å². The van der Waals surface area contributed by atoms with Crippen molar-refractivity contribution >= 4 is 11.8 Å². The molecule has 0 aliphatic carbocycles. The predicted molar refractivity (Wildman–Crippen MR) is 67.8 cm³/mol. The molecule has 5 nitrogen and oxygen atoms in total. The molecule has 1 aromatic rings. The van der Waals surface area contributed by atoms with Gasteiger partial charge in [-0.15, -0.1) is 0 Å². The average Bonchev–Trinajstić information content (AvgIpc) is 2.44. The number of amides is 2. The Hall–Kier alpha value is -1.88. The summed E-state index contributed by atoms with van der Waals surface area (Å²) in [5.41, 5.74) is 0.893. The molecular formula is C13H18N2O3. The van der Waals surface area contributed by atoms with Crippen LogP contribution in [-0.4, -0.2) is 31.6 Å². The number of carbonyl (C=O) groups excluding carboxylic acids is 2. The number of nitrogens with one attached hydrogen (secondary N) is 2. The van der Waals surface area contributed by atoms with Crippen molar-refractivity contribution in [2.45, 2.75) is 19.4 Å². The molecule has 0 unspecified atom stereocenters. The number of methoxy groups -OCH3 is 1. The Balaban J connectivity index is 2.59. The molecule has 2 amide bonds. The summed E-state index contributed by atoms with van der Waals surface area (Å²) in [6.07, 6.45) is 0. The lowest BCUT2D eigenvalue weighted by molar-refractivity contribution is -0.129. The molecule has 0 bridgehead atoms. The zero-order valence-electron chi connectivity index (χ0n) is 13.1. The Morgan fingerprint density at radius 1 is 1.39 bits per heavy atom. The lowest BCUT2D eigenvalue weighted by atomic mass is 10.2. The zero-order valence-corrected chi connectivity index (χ0v) is 10.1. The summed E-state index contributed by atoms with van der Waals surface area (Å²) in [5.74, 6) is -1.68. The summed E-state index contributed by atoms with van der Waals surface area (Å²) in [6, 6.07) is 8.16. The molecule has 1 atom stereocenters. The van der Waals surface area contributed by atoms with Gasteiger partial charge in [0, 0.05) is 24.6 Å².